The summed E-state index contributed by atoms with van der Waals surface area (Å²) in [5.41, 5.74) is 6.08. The number of hydrogen-bond acceptors (Lipinski definition) is 3. The van der Waals surface area contributed by atoms with Crippen molar-refractivity contribution >= 4 is 23.1 Å². The number of nitrogens with two attached hydrogens (primary N) is 1. The van der Waals surface area contributed by atoms with Crippen molar-refractivity contribution in [1.82, 2.24) is 0 Å². The molecule has 0 aromatic carbocycles. The van der Waals surface area contributed by atoms with E-state index in [1.807, 2.05) is 23.1 Å². The van der Waals surface area contributed by atoms with Crippen molar-refractivity contribution in [2.75, 3.05) is 11.5 Å². The van der Waals surface area contributed by atoms with Gasteiger partial charge in [-0.25, -0.2) is 0 Å². The van der Waals surface area contributed by atoms with Crippen LogP contribution in [0.25, 0.3) is 0 Å². The second kappa shape index (κ2) is 7.31. The number of thiophene rings is 1. The molecule has 1 nitrogen and oxygen atoms in total. The molecule has 0 bridgehead atoms. The van der Waals surface area contributed by atoms with Crippen molar-refractivity contribution < 1.29 is 0 Å². The summed E-state index contributed by atoms with van der Waals surface area (Å²) in [4.78, 5) is 2.91. The molecule has 0 saturated carbocycles. The van der Waals surface area contributed by atoms with Crippen LogP contribution in [-0.2, 0) is 12.8 Å². The van der Waals surface area contributed by atoms with Gasteiger partial charge in [0.1, 0.15) is 0 Å². The van der Waals surface area contributed by atoms with Crippen molar-refractivity contribution in [1.29, 1.82) is 0 Å². The molecular weight excluding hydrogens is 222 g/mol. The molecular formula is C12H21NS2. The van der Waals surface area contributed by atoms with Crippen LogP contribution in [0.4, 0.5) is 0 Å². The van der Waals surface area contributed by atoms with Gasteiger partial charge in [0.25, 0.3) is 0 Å². The summed E-state index contributed by atoms with van der Waals surface area (Å²) in [5.74, 6) is 2.32. The van der Waals surface area contributed by atoms with E-state index in [9.17, 15) is 0 Å². The molecule has 0 saturated heterocycles. The Bertz CT molecular complexity index is 270. The molecule has 0 radical (unpaired) electrons. The third-order valence-electron chi connectivity index (χ3n) is 2.21. The Kier molecular flexibility index (Phi) is 6.37. The monoisotopic (exact) mass is 243 g/mol. The maximum absolute atomic E-state index is 6.08. The fourth-order valence-corrected chi connectivity index (χ4v) is 3.35. The Hall–Kier alpha value is 0.01000. The third-order valence-corrected chi connectivity index (χ3v) is 4.82. The molecule has 15 heavy (non-hydrogen) atoms. The lowest BCUT2D eigenvalue weighted by Gasteiger charge is -2.09. The van der Waals surface area contributed by atoms with E-state index in [1.54, 1.807) is 0 Å². The maximum Gasteiger partial charge on any atom is 0.0179 e. The molecule has 0 fully saturated rings. The van der Waals surface area contributed by atoms with Crippen LogP contribution in [0.2, 0.25) is 0 Å². The summed E-state index contributed by atoms with van der Waals surface area (Å²) in [7, 11) is 0. The molecule has 1 aromatic heterocycles. The molecule has 86 valence electrons. The van der Waals surface area contributed by atoms with Crippen LogP contribution in [0.3, 0.4) is 0 Å². The highest BCUT2D eigenvalue weighted by Gasteiger charge is 2.06. The predicted molar refractivity (Wildman–Crippen MR) is 73.0 cm³/mol. The normalized spacial score (nSPS) is 13.0. The van der Waals surface area contributed by atoms with E-state index in [2.05, 4.69) is 26.0 Å². The zero-order valence-corrected chi connectivity index (χ0v) is 11.3. The molecule has 1 rings (SSSR count). The van der Waals surface area contributed by atoms with Gasteiger partial charge in [-0.1, -0.05) is 13.8 Å². The van der Waals surface area contributed by atoms with E-state index in [0.29, 0.717) is 6.04 Å². The van der Waals surface area contributed by atoms with Gasteiger partial charge in [0.2, 0.25) is 0 Å². The highest BCUT2D eigenvalue weighted by Crippen LogP contribution is 2.19. The van der Waals surface area contributed by atoms with Crippen LogP contribution >= 0.6 is 23.1 Å². The van der Waals surface area contributed by atoms with Crippen molar-refractivity contribution in [2.45, 2.75) is 39.2 Å². The molecule has 1 aromatic rings. The van der Waals surface area contributed by atoms with Gasteiger partial charge in [-0.2, -0.15) is 11.8 Å². The number of hydrogen-bond donors (Lipinski definition) is 1. The Labute approximate surface area is 101 Å². The van der Waals surface area contributed by atoms with E-state index < -0.39 is 0 Å². The van der Waals surface area contributed by atoms with Crippen LogP contribution in [-0.4, -0.2) is 17.5 Å². The van der Waals surface area contributed by atoms with E-state index >= 15 is 0 Å². The largest absolute Gasteiger partial charge is 0.327 e. The van der Waals surface area contributed by atoms with Gasteiger partial charge in [-0.15, -0.1) is 11.3 Å². The smallest absolute Gasteiger partial charge is 0.0179 e. The minimum Gasteiger partial charge on any atom is -0.327 e. The molecule has 0 spiro atoms. The van der Waals surface area contributed by atoms with Gasteiger partial charge in [-0.3, -0.25) is 0 Å². The first kappa shape index (κ1) is 13.1. The van der Waals surface area contributed by atoms with Gasteiger partial charge in [-0.05, 0) is 37.1 Å². The van der Waals surface area contributed by atoms with Gasteiger partial charge in [0.05, 0.1) is 0 Å². The second-order valence-corrected chi connectivity index (χ2v) is 6.16. The van der Waals surface area contributed by atoms with Crippen LogP contribution < -0.4 is 5.73 Å². The number of thioether (sulfide) groups is 1. The zero-order chi connectivity index (χ0) is 11.1. The Morgan fingerprint density at radius 3 is 2.67 bits per heavy atom. The fraction of sp³-hybridized carbons (Fsp3) is 0.667. The minimum atomic E-state index is 0.324. The highest BCUT2D eigenvalue weighted by atomic mass is 32.2. The first-order valence-corrected chi connectivity index (χ1v) is 7.64. The van der Waals surface area contributed by atoms with Crippen molar-refractivity contribution in [3.05, 3.63) is 21.9 Å². The quantitative estimate of drug-likeness (QED) is 0.743. The summed E-state index contributed by atoms with van der Waals surface area (Å²) >= 11 is 3.88. The highest BCUT2D eigenvalue weighted by molar-refractivity contribution is 7.99. The molecule has 3 heteroatoms. The van der Waals surface area contributed by atoms with Gasteiger partial charge < -0.3 is 5.73 Å². The van der Waals surface area contributed by atoms with Crippen molar-refractivity contribution in [3.63, 3.8) is 0 Å². The summed E-state index contributed by atoms with van der Waals surface area (Å²) in [6.45, 7) is 4.41. The first-order chi connectivity index (χ1) is 7.26. The minimum absolute atomic E-state index is 0.324. The lowest BCUT2D eigenvalue weighted by molar-refractivity contribution is 0.757. The first-order valence-electron chi connectivity index (χ1n) is 5.67. The lowest BCUT2D eigenvalue weighted by Crippen LogP contribution is -2.25. The van der Waals surface area contributed by atoms with Crippen molar-refractivity contribution in [2.24, 2.45) is 5.73 Å². The zero-order valence-electron chi connectivity index (χ0n) is 9.66. The summed E-state index contributed by atoms with van der Waals surface area (Å²) in [5, 5.41) is 0. The van der Waals surface area contributed by atoms with Gasteiger partial charge >= 0.3 is 0 Å². The van der Waals surface area contributed by atoms with Crippen LogP contribution in [0.15, 0.2) is 12.1 Å². The fourth-order valence-electron chi connectivity index (χ4n) is 1.42. The number of aryl methyl sites for hydroxylation is 1. The molecule has 0 aliphatic heterocycles. The van der Waals surface area contributed by atoms with E-state index in [4.69, 9.17) is 5.73 Å². The molecule has 0 amide bonds. The Morgan fingerprint density at radius 2 is 2.07 bits per heavy atom. The van der Waals surface area contributed by atoms with E-state index in [-0.39, 0.29) is 0 Å². The predicted octanol–water partition coefficient (Wildman–Crippen LogP) is 3.32. The molecule has 1 heterocycles. The summed E-state index contributed by atoms with van der Waals surface area (Å²) in [6, 6.07) is 4.78. The van der Waals surface area contributed by atoms with E-state index in [0.717, 1.165) is 18.6 Å². The second-order valence-electron chi connectivity index (χ2n) is 3.76. The summed E-state index contributed by atoms with van der Waals surface area (Å²) in [6.07, 6.45) is 3.43. The topological polar surface area (TPSA) is 26.0 Å². The molecule has 1 unspecified atom stereocenters. The van der Waals surface area contributed by atoms with Crippen LogP contribution in [0.5, 0.6) is 0 Å². The molecule has 0 aliphatic carbocycles. The standard InChI is InChI=1S/C12H21NS2/c1-3-7-14-9-10(13)8-12-6-5-11(4-2)15-12/h5-6,10H,3-4,7-9,13H2,1-2H3. The van der Waals surface area contributed by atoms with Crippen LogP contribution in [0.1, 0.15) is 30.0 Å². The average molecular weight is 243 g/mol. The number of rotatable bonds is 7. The SMILES string of the molecule is CCCSCC(N)Cc1ccc(CC)s1. The Morgan fingerprint density at radius 1 is 1.33 bits per heavy atom. The van der Waals surface area contributed by atoms with Crippen LogP contribution in [0, 0.1) is 0 Å². The average Bonchev–Trinajstić information content (AvgIpc) is 2.66. The molecule has 0 aliphatic rings. The lowest BCUT2D eigenvalue weighted by atomic mass is 10.2. The Balaban J connectivity index is 2.27. The molecule has 2 N–H and O–H groups in total. The molecule has 1 atom stereocenters. The summed E-state index contributed by atoms with van der Waals surface area (Å²) < 4.78 is 0. The van der Waals surface area contributed by atoms with E-state index in [1.165, 1.54) is 21.9 Å². The van der Waals surface area contributed by atoms with Gasteiger partial charge in [0, 0.05) is 21.5 Å². The van der Waals surface area contributed by atoms with Crippen molar-refractivity contribution in [3.8, 4) is 0 Å². The maximum atomic E-state index is 6.08. The third kappa shape index (κ3) is 5.05. The van der Waals surface area contributed by atoms with Gasteiger partial charge in [0.15, 0.2) is 0 Å².